The van der Waals surface area contributed by atoms with Gasteiger partial charge in [0, 0.05) is 0 Å². The highest BCUT2D eigenvalue weighted by molar-refractivity contribution is 9.11. The quantitative estimate of drug-likeness (QED) is 0.783. The van der Waals surface area contributed by atoms with Gasteiger partial charge in [-0.05, 0) is 63.6 Å². The van der Waals surface area contributed by atoms with Crippen LogP contribution in [0.4, 0.5) is 0 Å². The molecule has 2 fully saturated rings. The van der Waals surface area contributed by atoms with Crippen molar-refractivity contribution in [2.24, 2.45) is 4.99 Å². The Kier molecular flexibility index (Phi) is 4.63. The molecule has 2 heterocycles. The minimum Gasteiger partial charge on any atom is -0.301 e. The Morgan fingerprint density at radius 1 is 1.35 bits per heavy atom. The molecule has 1 aliphatic heterocycles. The fourth-order valence-electron chi connectivity index (χ4n) is 2.41. The molecule has 3 nitrogen and oxygen atoms in total. The van der Waals surface area contributed by atoms with Crippen molar-refractivity contribution in [2.75, 3.05) is 0 Å². The molecule has 6 heteroatoms. The zero-order chi connectivity index (χ0) is 13.9. The van der Waals surface area contributed by atoms with Gasteiger partial charge in [-0.3, -0.25) is 9.79 Å². The average Bonchev–Trinajstić information content (AvgIpc) is 2.98. The van der Waals surface area contributed by atoms with Crippen LogP contribution < -0.4 is 5.32 Å². The third-order valence-corrected chi connectivity index (χ3v) is 5.86. The zero-order valence-electron chi connectivity index (χ0n) is 10.9. The summed E-state index contributed by atoms with van der Waals surface area (Å²) < 4.78 is 1.07. The first kappa shape index (κ1) is 14.4. The Morgan fingerprint density at radius 3 is 2.85 bits per heavy atom. The molecule has 1 saturated carbocycles. The lowest BCUT2D eigenvalue weighted by Gasteiger charge is -2.17. The number of nitrogens with one attached hydrogen (secondary N) is 1. The summed E-state index contributed by atoms with van der Waals surface area (Å²) in [7, 11) is 0. The van der Waals surface area contributed by atoms with Gasteiger partial charge in [0.1, 0.15) is 0 Å². The lowest BCUT2D eigenvalue weighted by atomic mass is 9.96. The molecule has 2 aliphatic rings. The van der Waals surface area contributed by atoms with Gasteiger partial charge < -0.3 is 5.32 Å². The first-order valence-corrected chi connectivity index (χ1v) is 9.22. The van der Waals surface area contributed by atoms with Crippen LogP contribution in [0, 0.1) is 0 Å². The molecular formula is C14H15BrN2OS2. The van der Waals surface area contributed by atoms with Gasteiger partial charge in [0.25, 0.3) is 5.91 Å². The first-order chi connectivity index (χ1) is 9.70. The van der Waals surface area contributed by atoms with Crippen molar-refractivity contribution in [3.8, 4) is 0 Å². The highest BCUT2D eigenvalue weighted by atomic mass is 79.9. The zero-order valence-corrected chi connectivity index (χ0v) is 14.1. The van der Waals surface area contributed by atoms with E-state index < -0.39 is 0 Å². The molecule has 0 radical (unpaired) electrons. The predicted octanol–water partition coefficient (Wildman–Crippen LogP) is 4.40. The molecule has 106 valence electrons. The monoisotopic (exact) mass is 370 g/mol. The number of rotatable bonds is 2. The Hall–Kier alpha value is -0.590. The molecule has 3 rings (SSSR count). The molecule has 1 aliphatic carbocycles. The number of carbonyl (C=O) groups is 1. The minimum absolute atomic E-state index is 0.0353. The number of halogens is 1. The highest BCUT2D eigenvalue weighted by Crippen LogP contribution is 2.30. The number of hydrogen-bond donors (Lipinski definition) is 1. The van der Waals surface area contributed by atoms with E-state index in [1.54, 1.807) is 11.3 Å². The van der Waals surface area contributed by atoms with E-state index in [-0.39, 0.29) is 5.91 Å². The Labute approximate surface area is 135 Å². The van der Waals surface area contributed by atoms with E-state index in [9.17, 15) is 4.79 Å². The summed E-state index contributed by atoms with van der Waals surface area (Å²) in [6, 6.07) is 2.41. The van der Waals surface area contributed by atoms with Crippen LogP contribution in [0.15, 0.2) is 25.1 Å². The largest absolute Gasteiger partial charge is 0.301 e. The van der Waals surface area contributed by atoms with Crippen molar-refractivity contribution in [1.29, 1.82) is 0 Å². The van der Waals surface area contributed by atoms with Crippen LogP contribution in [0.5, 0.6) is 0 Å². The van der Waals surface area contributed by atoms with E-state index in [1.807, 2.05) is 17.5 Å². The fourth-order valence-corrected chi connectivity index (χ4v) is 4.44. The summed E-state index contributed by atoms with van der Waals surface area (Å²) in [6.07, 6.45) is 8.05. The van der Waals surface area contributed by atoms with Gasteiger partial charge in [-0.1, -0.05) is 19.3 Å². The number of thiophene rings is 1. The van der Waals surface area contributed by atoms with Crippen molar-refractivity contribution in [2.45, 2.75) is 38.1 Å². The molecule has 0 unspecified atom stereocenters. The molecule has 0 spiro atoms. The molecule has 20 heavy (non-hydrogen) atoms. The number of amides is 1. The van der Waals surface area contributed by atoms with E-state index in [0.717, 1.165) is 32.3 Å². The predicted molar refractivity (Wildman–Crippen MR) is 90.0 cm³/mol. The topological polar surface area (TPSA) is 41.5 Å². The van der Waals surface area contributed by atoms with Gasteiger partial charge in [-0.25, -0.2) is 0 Å². The van der Waals surface area contributed by atoms with Crippen molar-refractivity contribution < 1.29 is 4.79 Å². The van der Waals surface area contributed by atoms with Gasteiger partial charge in [0.2, 0.25) is 0 Å². The van der Waals surface area contributed by atoms with Crippen molar-refractivity contribution in [3.63, 3.8) is 0 Å². The van der Waals surface area contributed by atoms with Gasteiger partial charge in [-0.15, -0.1) is 11.3 Å². The summed E-state index contributed by atoms with van der Waals surface area (Å²) in [4.78, 5) is 17.4. The molecular weight excluding hydrogens is 356 g/mol. The molecule has 0 aromatic carbocycles. The molecule has 1 aromatic rings. The summed E-state index contributed by atoms with van der Waals surface area (Å²) in [6.45, 7) is 0. The second kappa shape index (κ2) is 6.45. The lowest BCUT2D eigenvalue weighted by molar-refractivity contribution is -0.115. The van der Waals surface area contributed by atoms with E-state index in [2.05, 4.69) is 26.2 Å². The third-order valence-electron chi connectivity index (χ3n) is 3.41. The van der Waals surface area contributed by atoms with E-state index >= 15 is 0 Å². The Balaban J connectivity index is 1.71. The van der Waals surface area contributed by atoms with Gasteiger partial charge in [0.05, 0.1) is 14.7 Å². The number of thioether (sulfide) groups is 1. The number of amidine groups is 1. The summed E-state index contributed by atoms with van der Waals surface area (Å²) >= 11 is 6.51. The van der Waals surface area contributed by atoms with E-state index in [4.69, 9.17) is 0 Å². The smallest absolute Gasteiger partial charge is 0.264 e. The van der Waals surface area contributed by atoms with Crippen LogP contribution in [0.2, 0.25) is 0 Å². The summed E-state index contributed by atoms with van der Waals surface area (Å²) in [5, 5.41) is 5.67. The highest BCUT2D eigenvalue weighted by Gasteiger charge is 2.25. The maximum Gasteiger partial charge on any atom is 0.264 e. The first-order valence-electron chi connectivity index (χ1n) is 6.73. The standard InChI is InChI=1S/C14H15BrN2OS2/c15-12-7-9(8-19-12)6-11-13(18)17-14(20-11)16-10-4-2-1-3-5-10/h6-8,10H,1-5H2,(H,16,17,18)/b11-6-. The van der Waals surface area contributed by atoms with Crippen molar-refractivity contribution in [3.05, 3.63) is 25.7 Å². The summed E-state index contributed by atoms with van der Waals surface area (Å²) in [5.41, 5.74) is 1.05. The third kappa shape index (κ3) is 3.54. The van der Waals surface area contributed by atoms with Crippen LogP contribution in [0.25, 0.3) is 6.08 Å². The van der Waals surface area contributed by atoms with Crippen LogP contribution in [-0.4, -0.2) is 17.1 Å². The number of hydrogen-bond acceptors (Lipinski definition) is 4. The normalized spacial score (nSPS) is 24.6. The van der Waals surface area contributed by atoms with Gasteiger partial charge in [-0.2, -0.15) is 0 Å². The van der Waals surface area contributed by atoms with Crippen molar-refractivity contribution in [1.82, 2.24) is 5.32 Å². The molecule has 0 atom stereocenters. The lowest BCUT2D eigenvalue weighted by Crippen LogP contribution is -2.22. The molecule has 1 amide bonds. The Morgan fingerprint density at radius 2 is 2.15 bits per heavy atom. The molecule has 1 aromatic heterocycles. The maximum atomic E-state index is 11.9. The van der Waals surface area contributed by atoms with Crippen LogP contribution in [0.1, 0.15) is 37.7 Å². The van der Waals surface area contributed by atoms with Crippen molar-refractivity contribution >= 4 is 56.2 Å². The second-order valence-corrected chi connectivity index (χ2v) is 8.30. The van der Waals surface area contributed by atoms with Crippen LogP contribution in [0.3, 0.4) is 0 Å². The van der Waals surface area contributed by atoms with Crippen LogP contribution >= 0.6 is 39.0 Å². The number of aliphatic imine (C=N–C) groups is 1. The maximum absolute atomic E-state index is 11.9. The SMILES string of the molecule is O=C1NC(=NC2CCCCC2)S/C1=C\c1csc(Br)c1. The number of nitrogens with zero attached hydrogens (tertiary/aromatic N) is 1. The summed E-state index contributed by atoms with van der Waals surface area (Å²) in [5.74, 6) is -0.0353. The van der Waals surface area contributed by atoms with Gasteiger partial charge >= 0.3 is 0 Å². The fraction of sp³-hybridized carbons (Fsp3) is 0.429. The van der Waals surface area contributed by atoms with Crippen LogP contribution in [-0.2, 0) is 4.79 Å². The second-order valence-electron chi connectivity index (χ2n) is 4.98. The Bertz CT molecular complexity index is 573. The van der Waals surface area contributed by atoms with E-state index in [1.165, 1.54) is 31.0 Å². The van der Waals surface area contributed by atoms with E-state index in [0.29, 0.717) is 6.04 Å². The minimum atomic E-state index is -0.0353. The molecule has 1 N–H and O–H groups in total. The molecule has 1 saturated heterocycles. The number of carbonyl (C=O) groups excluding carboxylic acids is 1. The van der Waals surface area contributed by atoms with Gasteiger partial charge in [0.15, 0.2) is 5.17 Å². The molecule has 0 bridgehead atoms. The average molecular weight is 371 g/mol.